The third-order valence-corrected chi connectivity index (χ3v) is 3.41. The summed E-state index contributed by atoms with van der Waals surface area (Å²) in [5, 5.41) is 3.47. The number of para-hydroxylation sites is 1. The predicted octanol–water partition coefficient (Wildman–Crippen LogP) is 3.94. The lowest BCUT2D eigenvalue weighted by molar-refractivity contribution is 1.14. The first kappa shape index (κ1) is 13.6. The third-order valence-electron chi connectivity index (χ3n) is 3.18. The first-order valence-corrected chi connectivity index (χ1v) is 6.78. The van der Waals surface area contributed by atoms with E-state index in [1.165, 1.54) is 5.56 Å². The van der Waals surface area contributed by atoms with E-state index in [-0.39, 0.29) is 0 Å². The van der Waals surface area contributed by atoms with E-state index < -0.39 is 0 Å². The molecule has 0 saturated carbocycles. The number of nitrogens with two attached hydrogens (primary N) is 1. The second kappa shape index (κ2) is 5.85. The van der Waals surface area contributed by atoms with Crippen molar-refractivity contribution in [2.24, 2.45) is 5.73 Å². The van der Waals surface area contributed by atoms with Gasteiger partial charge in [0.1, 0.15) is 4.99 Å². The minimum absolute atomic E-state index is 0.434. The van der Waals surface area contributed by atoms with Gasteiger partial charge in [0, 0.05) is 16.9 Å². The Morgan fingerprint density at radius 1 is 1.16 bits per heavy atom. The number of benzene rings is 2. The maximum Gasteiger partial charge on any atom is 0.103 e. The van der Waals surface area contributed by atoms with Crippen molar-refractivity contribution in [1.29, 1.82) is 0 Å². The molecule has 0 radical (unpaired) electrons. The zero-order valence-corrected chi connectivity index (χ0v) is 12.1. The van der Waals surface area contributed by atoms with Crippen LogP contribution in [0, 0.1) is 6.92 Å². The number of hydrogen-bond donors (Lipinski definition) is 2. The fourth-order valence-electron chi connectivity index (χ4n) is 2.05. The average Bonchev–Trinajstić information content (AvgIpc) is 2.41. The Hall–Kier alpha value is -1.87. The van der Waals surface area contributed by atoms with Crippen LogP contribution in [-0.2, 0) is 6.42 Å². The van der Waals surface area contributed by atoms with Gasteiger partial charge in [0.15, 0.2) is 0 Å². The molecular formula is C16H18N2S. The van der Waals surface area contributed by atoms with Crippen molar-refractivity contribution >= 4 is 28.6 Å². The average molecular weight is 270 g/mol. The van der Waals surface area contributed by atoms with Crippen molar-refractivity contribution in [3.63, 3.8) is 0 Å². The number of anilines is 2. The summed E-state index contributed by atoms with van der Waals surface area (Å²) in [5.41, 5.74) is 11.2. The number of rotatable bonds is 4. The van der Waals surface area contributed by atoms with Crippen molar-refractivity contribution in [2.45, 2.75) is 20.3 Å². The monoisotopic (exact) mass is 270 g/mol. The van der Waals surface area contributed by atoms with E-state index in [1.54, 1.807) is 0 Å². The standard InChI is InChI=1S/C16H18N2S/c1-3-12-6-4-5-7-15(12)18-14-9-8-13(16(17)19)10-11(14)2/h4-10,18H,3H2,1-2H3,(H2,17,19). The topological polar surface area (TPSA) is 38.0 Å². The van der Waals surface area contributed by atoms with Crippen molar-refractivity contribution in [1.82, 2.24) is 0 Å². The zero-order valence-electron chi connectivity index (χ0n) is 11.2. The van der Waals surface area contributed by atoms with Gasteiger partial charge in [-0.2, -0.15) is 0 Å². The quantitative estimate of drug-likeness (QED) is 0.827. The maximum absolute atomic E-state index is 5.64. The largest absolute Gasteiger partial charge is 0.389 e. The number of nitrogens with one attached hydrogen (secondary N) is 1. The first-order valence-electron chi connectivity index (χ1n) is 6.37. The van der Waals surface area contributed by atoms with E-state index >= 15 is 0 Å². The minimum atomic E-state index is 0.434. The Morgan fingerprint density at radius 2 is 1.89 bits per heavy atom. The molecule has 0 amide bonds. The van der Waals surface area contributed by atoms with E-state index in [9.17, 15) is 0 Å². The predicted molar refractivity (Wildman–Crippen MR) is 86.2 cm³/mol. The molecular weight excluding hydrogens is 252 g/mol. The molecule has 0 heterocycles. The molecule has 2 rings (SSSR count). The molecule has 2 aromatic carbocycles. The molecule has 98 valence electrons. The Balaban J connectivity index is 2.31. The maximum atomic E-state index is 5.64. The molecule has 0 aliphatic heterocycles. The molecule has 2 nitrogen and oxygen atoms in total. The lowest BCUT2D eigenvalue weighted by Crippen LogP contribution is -2.09. The van der Waals surface area contributed by atoms with Crippen LogP contribution in [0.15, 0.2) is 42.5 Å². The van der Waals surface area contributed by atoms with Crippen molar-refractivity contribution in [2.75, 3.05) is 5.32 Å². The summed E-state index contributed by atoms with van der Waals surface area (Å²) < 4.78 is 0. The number of hydrogen-bond acceptors (Lipinski definition) is 2. The van der Waals surface area contributed by atoms with Crippen molar-refractivity contribution in [3.05, 3.63) is 59.2 Å². The van der Waals surface area contributed by atoms with Crippen LogP contribution in [-0.4, -0.2) is 4.99 Å². The molecule has 0 atom stereocenters. The molecule has 0 aliphatic rings. The van der Waals surface area contributed by atoms with Gasteiger partial charge in [0.05, 0.1) is 0 Å². The summed E-state index contributed by atoms with van der Waals surface area (Å²) in [6.07, 6.45) is 1.01. The fraction of sp³-hybridized carbons (Fsp3) is 0.188. The molecule has 3 N–H and O–H groups in total. The third kappa shape index (κ3) is 3.12. The van der Waals surface area contributed by atoms with E-state index in [1.807, 2.05) is 24.3 Å². The summed E-state index contributed by atoms with van der Waals surface area (Å²) >= 11 is 4.99. The molecule has 19 heavy (non-hydrogen) atoms. The fourth-order valence-corrected chi connectivity index (χ4v) is 2.18. The highest BCUT2D eigenvalue weighted by Gasteiger charge is 2.04. The summed E-state index contributed by atoms with van der Waals surface area (Å²) in [6, 6.07) is 14.3. The summed E-state index contributed by atoms with van der Waals surface area (Å²) in [7, 11) is 0. The molecule has 3 heteroatoms. The van der Waals surface area contributed by atoms with Gasteiger partial charge in [-0.1, -0.05) is 37.3 Å². The molecule has 0 aliphatic carbocycles. The highest BCUT2D eigenvalue weighted by atomic mass is 32.1. The smallest absolute Gasteiger partial charge is 0.103 e. The first-order chi connectivity index (χ1) is 9.11. The van der Waals surface area contributed by atoms with Gasteiger partial charge in [-0.05, 0) is 48.7 Å². The molecule has 0 unspecified atom stereocenters. The summed E-state index contributed by atoms with van der Waals surface area (Å²) in [5.74, 6) is 0. The molecule has 0 saturated heterocycles. The Kier molecular flexibility index (Phi) is 4.17. The normalized spacial score (nSPS) is 10.2. The highest BCUT2D eigenvalue weighted by Crippen LogP contribution is 2.24. The Bertz CT molecular complexity index is 605. The van der Waals surface area contributed by atoms with Crippen molar-refractivity contribution in [3.8, 4) is 0 Å². The van der Waals surface area contributed by atoms with Crippen LogP contribution < -0.4 is 11.1 Å². The van der Waals surface area contributed by atoms with E-state index in [0.29, 0.717) is 4.99 Å². The summed E-state index contributed by atoms with van der Waals surface area (Å²) in [4.78, 5) is 0.434. The van der Waals surface area contributed by atoms with E-state index in [4.69, 9.17) is 18.0 Å². The zero-order chi connectivity index (χ0) is 13.8. The van der Waals surface area contributed by atoms with Gasteiger partial charge in [-0.15, -0.1) is 0 Å². The molecule has 0 spiro atoms. The van der Waals surface area contributed by atoms with Gasteiger partial charge >= 0.3 is 0 Å². The van der Waals surface area contributed by atoms with Crippen LogP contribution in [0.25, 0.3) is 0 Å². The van der Waals surface area contributed by atoms with Crippen LogP contribution in [0.2, 0.25) is 0 Å². The summed E-state index contributed by atoms with van der Waals surface area (Å²) in [6.45, 7) is 4.21. The van der Waals surface area contributed by atoms with Gasteiger partial charge in [-0.25, -0.2) is 0 Å². The lowest BCUT2D eigenvalue weighted by Gasteiger charge is -2.13. The highest BCUT2D eigenvalue weighted by molar-refractivity contribution is 7.80. The molecule has 2 aromatic rings. The second-order valence-electron chi connectivity index (χ2n) is 4.53. The second-order valence-corrected chi connectivity index (χ2v) is 4.97. The lowest BCUT2D eigenvalue weighted by atomic mass is 10.1. The van der Waals surface area contributed by atoms with E-state index in [0.717, 1.165) is 28.9 Å². The van der Waals surface area contributed by atoms with Gasteiger partial charge in [0.2, 0.25) is 0 Å². The van der Waals surface area contributed by atoms with E-state index in [2.05, 4.69) is 37.4 Å². The Labute approximate surface area is 119 Å². The van der Waals surface area contributed by atoms with Crippen molar-refractivity contribution < 1.29 is 0 Å². The van der Waals surface area contributed by atoms with Gasteiger partial charge < -0.3 is 11.1 Å². The van der Waals surface area contributed by atoms with Crippen LogP contribution in [0.4, 0.5) is 11.4 Å². The van der Waals surface area contributed by atoms with Gasteiger partial charge in [-0.3, -0.25) is 0 Å². The molecule has 0 fully saturated rings. The van der Waals surface area contributed by atoms with Crippen LogP contribution in [0.3, 0.4) is 0 Å². The van der Waals surface area contributed by atoms with Crippen LogP contribution >= 0.6 is 12.2 Å². The molecule has 0 bridgehead atoms. The van der Waals surface area contributed by atoms with Crippen LogP contribution in [0.1, 0.15) is 23.6 Å². The minimum Gasteiger partial charge on any atom is -0.389 e. The SMILES string of the molecule is CCc1ccccc1Nc1ccc(C(N)=S)cc1C. The van der Waals surface area contributed by atoms with Gasteiger partial charge in [0.25, 0.3) is 0 Å². The number of thiocarbonyl (C=S) groups is 1. The van der Waals surface area contributed by atoms with Crippen LogP contribution in [0.5, 0.6) is 0 Å². The molecule has 0 aromatic heterocycles. The number of aryl methyl sites for hydroxylation is 2. The Morgan fingerprint density at radius 3 is 2.53 bits per heavy atom.